The van der Waals surface area contributed by atoms with Gasteiger partial charge in [-0.2, -0.15) is 0 Å². The summed E-state index contributed by atoms with van der Waals surface area (Å²) in [7, 11) is 2.24. The average Bonchev–Trinajstić information content (AvgIpc) is 3.65. The number of allylic oxidation sites excluding steroid dienone is 8. The zero-order chi connectivity index (χ0) is 35.4. The molecular weight excluding hydrogens is 611 g/mol. The zero-order valence-corrected chi connectivity index (χ0v) is 33.7. The number of hydrogen-bond acceptors (Lipinski definition) is 3. The van der Waals surface area contributed by atoms with Gasteiger partial charge in [0.1, 0.15) is 0 Å². The molecule has 2 heterocycles. The van der Waals surface area contributed by atoms with Crippen LogP contribution in [0.15, 0.2) is 48.6 Å². The number of unbranched alkanes of at least 4 members (excludes halogenated alkanes) is 18. The summed E-state index contributed by atoms with van der Waals surface area (Å²) in [6.07, 6.45) is 59.0. The van der Waals surface area contributed by atoms with Gasteiger partial charge < -0.3 is 14.4 Å². The molecule has 3 nitrogen and oxygen atoms in total. The van der Waals surface area contributed by atoms with Crippen molar-refractivity contribution in [1.29, 1.82) is 0 Å². The van der Waals surface area contributed by atoms with E-state index in [1.165, 1.54) is 161 Å². The van der Waals surface area contributed by atoms with Crippen LogP contribution in [-0.4, -0.2) is 43.0 Å². The van der Waals surface area contributed by atoms with Gasteiger partial charge in [-0.3, -0.25) is 0 Å². The molecule has 0 radical (unpaired) electrons. The number of likely N-dealkylation sites (tertiary alicyclic amines) is 1. The van der Waals surface area contributed by atoms with E-state index < -0.39 is 0 Å². The molecule has 3 atom stereocenters. The smallest absolute Gasteiger partial charge is 0.169 e. The highest BCUT2D eigenvalue weighted by molar-refractivity contribution is 5.01. The standard InChI is InChI=1S/C47H83NO2/c1-4-6-8-10-12-14-16-18-20-22-24-26-28-30-32-34-37-46(39-40-47(43-46)49-44-36-41-48(3)42-45(44)50-47)38-35-33-31-29-27-25-23-21-19-17-15-13-11-9-7-5-2/h12-15,18-21,44-45H,4-11,16-17,22-43H2,1-3H3/b14-12-,15-13-,20-18-,21-19-/t44-,45-,47?/m0/s1. The van der Waals surface area contributed by atoms with Crippen LogP contribution in [0.1, 0.15) is 206 Å². The molecule has 2 saturated heterocycles. The molecule has 1 spiro atoms. The highest BCUT2D eigenvalue weighted by Gasteiger charge is 2.56. The van der Waals surface area contributed by atoms with E-state index in [-0.39, 0.29) is 11.9 Å². The van der Waals surface area contributed by atoms with Crippen LogP contribution in [-0.2, 0) is 9.47 Å². The quantitative estimate of drug-likeness (QED) is 0.0552. The molecule has 50 heavy (non-hydrogen) atoms. The molecule has 288 valence electrons. The zero-order valence-electron chi connectivity index (χ0n) is 33.7. The fraction of sp³-hybridized carbons (Fsp3) is 0.830. The van der Waals surface area contributed by atoms with Crippen molar-refractivity contribution < 1.29 is 9.47 Å². The summed E-state index contributed by atoms with van der Waals surface area (Å²) in [6, 6.07) is 0. The van der Waals surface area contributed by atoms with Crippen LogP contribution in [0.25, 0.3) is 0 Å². The maximum Gasteiger partial charge on any atom is 0.169 e. The molecule has 1 unspecified atom stereocenters. The van der Waals surface area contributed by atoms with Crippen molar-refractivity contribution in [2.45, 2.75) is 224 Å². The van der Waals surface area contributed by atoms with Gasteiger partial charge in [0.2, 0.25) is 0 Å². The van der Waals surface area contributed by atoms with Gasteiger partial charge in [-0.25, -0.2) is 0 Å². The molecule has 3 rings (SSSR count). The number of fused-ring (bicyclic) bond motifs is 1. The Balaban J connectivity index is 1.28. The van der Waals surface area contributed by atoms with Gasteiger partial charge in [-0.05, 0) is 102 Å². The van der Waals surface area contributed by atoms with Crippen LogP contribution in [0.4, 0.5) is 0 Å². The largest absolute Gasteiger partial charge is 0.344 e. The molecule has 2 aliphatic heterocycles. The van der Waals surface area contributed by atoms with E-state index in [2.05, 4.69) is 74.4 Å². The number of likely N-dealkylation sites (N-methyl/N-ethyl adjacent to an activating group) is 1. The maximum atomic E-state index is 6.82. The molecular formula is C47H83NO2. The average molecular weight is 694 g/mol. The molecule has 0 N–H and O–H groups in total. The molecule has 0 aromatic carbocycles. The number of nitrogens with zero attached hydrogens (tertiary/aromatic N) is 1. The summed E-state index contributed by atoms with van der Waals surface area (Å²) in [5.41, 5.74) is 0.434. The minimum Gasteiger partial charge on any atom is -0.344 e. The summed E-state index contributed by atoms with van der Waals surface area (Å²) in [4.78, 5) is 2.43. The molecule has 3 heteroatoms. The number of ether oxygens (including phenoxy) is 2. The second-order valence-corrected chi connectivity index (χ2v) is 16.6. The Morgan fingerprint density at radius 1 is 0.520 bits per heavy atom. The Morgan fingerprint density at radius 3 is 1.46 bits per heavy atom. The van der Waals surface area contributed by atoms with Gasteiger partial charge in [-0.15, -0.1) is 0 Å². The van der Waals surface area contributed by atoms with Crippen LogP contribution >= 0.6 is 0 Å². The molecule has 3 fully saturated rings. The van der Waals surface area contributed by atoms with E-state index in [4.69, 9.17) is 9.47 Å². The fourth-order valence-electron chi connectivity index (χ4n) is 8.81. The van der Waals surface area contributed by atoms with Crippen molar-refractivity contribution in [3.63, 3.8) is 0 Å². The van der Waals surface area contributed by atoms with E-state index in [0.717, 1.165) is 45.2 Å². The summed E-state index contributed by atoms with van der Waals surface area (Å²) >= 11 is 0. The van der Waals surface area contributed by atoms with Crippen LogP contribution in [0, 0.1) is 5.41 Å². The molecule has 1 aliphatic carbocycles. The minimum atomic E-state index is -0.281. The second kappa shape index (κ2) is 27.4. The van der Waals surface area contributed by atoms with Gasteiger partial charge in [-0.1, -0.05) is 152 Å². The number of rotatable bonds is 30. The van der Waals surface area contributed by atoms with Crippen molar-refractivity contribution >= 4 is 0 Å². The lowest BCUT2D eigenvalue weighted by atomic mass is 9.76. The minimum absolute atomic E-state index is 0.281. The van der Waals surface area contributed by atoms with E-state index in [1.54, 1.807) is 0 Å². The van der Waals surface area contributed by atoms with Crippen molar-refractivity contribution in [2.75, 3.05) is 20.1 Å². The Morgan fingerprint density at radius 2 is 0.960 bits per heavy atom. The van der Waals surface area contributed by atoms with Crippen LogP contribution in [0.3, 0.4) is 0 Å². The first-order valence-electron chi connectivity index (χ1n) is 22.2. The van der Waals surface area contributed by atoms with E-state index in [0.29, 0.717) is 11.5 Å². The third-order valence-electron chi connectivity index (χ3n) is 11.9. The number of hydrogen-bond donors (Lipinski definition) is 0. The first kappa shape index (κ1) is 43.2. The predicted molar refractivity (Wildman–Crippen MR) is 219 cm³/mol. The summed E-state index contributed by atoms with van der Waals surface area (Å²) < 4.78 is 13.6. The highest BCUT2D eigenvalue weighted by atomic mass is 16.8. The third-order valence-corrected chi connectivity index (χ3v) is 11.9. The first-order valence-corrected chi connectivity index (χ1v) is 22.2. The van der Waals surface area contributed by atoms with Crippen molar-refractivity contribution in [3.8, 4) is 0 Å². The van der Waals surface area contributed by atoms with E-state index >= 15 is 0 Å². The van der Waals surface area contributed by atoms with Crippen LogP contribution < -0.4 is 0 Å². The summed E-state index contributed by atoms with van der Waals surface area (Å²) in [5.74, 6) is -0.281. The van der Waals surface area contributed by atoms with Crippen molar-refractivity contribution in [3.05, 3.63) is 48.6 Å². The topological polar surface area (TPSA) is 21.7 Å². The fourth-order valence-corrected chi connectivity index (χ4v) is 8.81. The summed E-state index contributed by atoms with van der Waals surface area (Å²) in [6.45, 7) is 6.74. The number of piperidine rings is 1. The predicted octanol–water partition coefficient (Wildman–Crippen LogP) is 14.4. The van der Waals surface area contributed by atoms with Crippen molar-refractivity contribution in [1.82, 2.24) is 4.90 Å². The van der Waals surface area contributed by atoms with Crippen LogP contribution in [0.2, 0.25) is 0 Å². The van der Waals surface area contributed by atoms with Gasteiger partial charge in [0, 0.05) is 25.9 Å². The lowest BCUT2D eigenvalue weighted by Gasteiger charge is -2.32. The van der Waals surface area contributed by atoms with Gasteiger partial charge >= 0.3 is 0 Å². The Kier molecular flexibility index (Phi) is 23.7. The summed E-state index contributed by atoms with van der Waals surface area (Å²) in [5, 5.41) is 0. The molecule has 0 aromatic rings. The van der Waals surface area contributed by atoms with Crippen LogP contribution in [0.5, 0.6) is 0 Å². The third kappa shape index (κ3) is 18.6. The monoisotopic (exact) mass is 694 g/mol. The molecule has 0 bridgehead atoms. The SMILES string of the molecule is CCCCC/C=C\C/C=C\CCCCCCCCC1(CCCCCCCC/C=C\C/C=C\CCCCC)CCC2(C1)O[C@H]1CCN(C)C[C@@H]1O2. The van der Waals surface area contributed by atoms with E-state index in [9.17, 15) is 0 Å². The molecule has 1 saturated carbocycles. The molecule has 3 aliphatic rings. The Bertz CT molecular complexity index is 887. The van der Waals surface area contributed by atoms with Crippen molar-refractivity contribution in [2.24, 2.45) is 5.41 Å². The second-order valence-electron chi connectivity index (χ2n) is 16.6. The highest BCUT2D eigenvalue weighted by Crippen LogP contribution is 2.56. The lowest BCUT2D eigenvalue weighted by molar-refractivity contribution is -0.174. The molecule has 0 amide bonds. The molecule has 0 aromatic heterocycles. The maximum absolute atomic E-state index is 6.82. The van der Waals surface area contributed by atoms with Gasteiger partial charge in [0.05, 0.1) is 12.2 Å². The Hall–Kier alpha value is -1.16. The normalized spacial score (nSPS) is 24.0. The Labute approximate surface area is 312 Å². The lowest BCUT2D eigenvalue weighted by Crippen LogP contribution is -2.43. The van der Waals surface area contributed by atoms with Gasteiger partial charge in [0.25, 0.3) is 0 Å². The van der Waals surface area contributed by atoms with E-state index in [1.807, 2.05) is 0 Å². The first-order chi connectivity index (χ1) is 24.6. The van der Waals surface area contributed by atoms with Gasteiger partial charge in [0.15, 0.2) is 5.79 Å².